The highest BCUT2D eigenvalue weighted by Gasteiger charge is 2.24. The lowest BCUT2D eigenvalue weighted by atomic mass is 9.75. The number of hydrogen-bond acceptors (Lipinski definition) is 0. The van der Waals surface area contributed by atoms with E-state index in [2.05, 4.69) is 63.2 Å². The molecule has 0 spiro atoms. The van der Waals surface area contributed by atoms with E-state index in [0.29, 0.717) is 0 Å². The number of benzene rings is 2. The van der Waals surface area contributed by atoms with Crippen LogP contribution in [-0.4, -0.2) is 0 Å². The molecule has 204 valence electrons. The molecule has 2 fully saturated rings. The van der Waals surface area contributed by atoms with Gasteiger partial charge in [-0.05, 0) is 110 Å². The Balaban J connectivity index is 1.23. The fraction of sp³-hybridized carbons (Fsp3) is 0.676. The van der Waals surface area contributed by atoms with Gasteiger partial charge in [0.05, 0.1) is 0 Å². The highest BCUT2D eigenvalue weighted by molar-refractivity contribution is 5.65. The molecule has 0 radical (unpaired) electrons. The fourth-order valence-electron chi connectivity index (χ4n) is 7.61. The molecule has 0 bridgehead atoms. The van der Waals surface area contributed by atoms with Crippen LogP contribution in [-0.2, 0) is 0 Å². The molecule has 2 aliphatic rings. The maximum atomic E-state index is 2.47. The van der Waals surface area contributed by atoms with Crippen LogP contribution >= 0.6 is 0 Å². The predicted octanol–water partition coefficient (Wildman–Crippen LogP) is 12.2. The Morgan fingerprint density at radius 2 is 1.11 bits per heavy atom. The van der Waals surface area contributed by atoms with E-state index in [0.717, 1.165) is 23.7 Å². The molecule has 0 N–H and O–H groups in total. The smallest absolute Gasteiger partial charge is 0.0159 e. The van der Waals surface area contributed by atoms with Crippen LogP contribution in [0.15, 0.2) is 42.5 Å². The third-order valence-corrected chi connectivity index (χ3v) is 10.0. The van der Waals surface area contributed by atoms with Crippen molar-refractivity contribution >= 4 is 0 Å². The highest BCUT2D eigenvalue weighted by Crippen LogP contribution is 2.41. The van der Waals surface area contributed by atoms with E-state index in [1.807, 2.05) is 0 Å². The summed E-state index contributed by atoms with van der Waals surface area (Å²) in [7, 11) is 0. The number of hydrogen-bond donors (Lipinski definition) is 0. The van der Waals surface area contributed by atoms with Gasteiger partial charge in [0.1, 0.15) is 0 Å². The zero-order chi connectivity index (χ0) is 25.9. The van der Waals surface area contributed by atoms with Crippen LogP contribution < -0.4 is 0 Å². The van der Waals surface area contributed by atoms with Gasteiger partial charge < -0.3 is 0 Å². The average molecular weight is 501 g/mol. The van der Waals surface area contributed by atoms with Crippen molar-refractivity contribution in [3.63, 3.8) is 0 Å². The Bertz CT molecular complexity index is 890. The second kappa shape index (κ2) is 15.1. The lowest BCUT2D eigenvalue weighted by Gasteiger charge is -2.30. The predicted molar refractivity (Wildman–Crippen MR) is 164 cm³/mol. The molecule has 0 aromatic heterocycles. The van der Waals surface area contributed by atoms with Gasteiger partial charge in [-0.3, -0.25) is 0 Å². The SMILES string of the molecule is CCCCCCCCC[C@H]1CC[C@H](c2ccc(-c3ccc([C@H]4CC[C@H](CCC)CC4)cc3)cc2C)CC1. The summed E-state index contributed by atoms with van der Waals surface area (Å²) in [5.74, 6) is 3.55. The normalized spacial score (nSPS) is 24.3. The lowest BCUT2D eigenvalue weighted by Crippen LogP contribution is -2.14. The molecule has 0 aliphatic heterocycles. The van der Waals surface area contributed by atoms with Crippen molar-refractivity contribution in [1.29, 1.82) is 0 Å². The molecule has 37 heavy (non-hydrogen) atoms. The molecule has 0 amide bonds. The molecule has 2 aliphatic carbocycles. The largest absolute Gasteiger partial charge is 0.0654 e. The van der Waals surface area contributed by atoms with Crippen molar-refractivity contribution < 1.29 is 0 Å². The van der Waals surface area contributed by atoms with Gasteiger partial charge in [-0.1, -0.05) is 121 Å². The summed E-state index contributed by atoms with van der Waals surface area (Å²) in [5, 5.41) is 0. The summed E-state index contributed by atoms with van der Waals surface area (Å²) in [4.78, 5) is 0. The van der Waals surface area contributed by atoms with Gasteiger partial charge in [-0.25, -0.2) is 0 Å². The topological polar surface area (TPSA) is 0 Å². The van der Waals surface area contributed by atoms with Crippen LogP contribution in [0.3, 0.4) is 0 Å². The molecular formula is C37H56. The first-order valence-electron chi connectivity index (χ1n) is 16.4. The third kappa shape index (κ3) is 8.46. The highest BCUT2D eigenvalue weighted by atomic mass is 14.3. The Labute approximate surface area is 230 Å². The van der Waals surface area contributed by atoms with Gasteiger partial charge in [0.25, 0.3) is 0 Å². The molecule has 0 heterocycles. The van der Waals surface area contributed by atoms with E-state index in [-0.39, 0.29) is 0 Å². The van der Waals surface area contributed by atoms with Crippen molar-refractivity contribution in [3.8, 4) is 11.1 Å². The van der Waals surface area contributed by atoms with Crippen molar-refractivity contribution in [2.24, 2.45) is 11.8 Å². The molecule has 2 aromatic carbocycles. The summed E-state index contributed by atoms with van der Waals surface area (Å²) < 4.78 is 0. The molecule has 4 rings (SSSR count). The minimum atomic E-state index is 0.782. The van der Waals surface area contributed by atoms with Crippen molar-refractivity contribution in [2.45, 2.75) is 148 Å². The summed E-state index contributed by atoms with van der Waals surface area (Å²) in [6, 6.07) is 17.0. The third-order valence-electron chi connectivity index (χ3n) is 10.0. The average Bonchev–Trinajstić information content (AvgIpc) is 2.94. The van der Waals surface area contributed by atoms with Crippen molar-refractivity contribution in [2.75, 3.05) is 0 Å². The van der Waals surface area contributed by atoms with Crippen molar-refractivity contribution in [1.82, 2.24) is 0 Å². The molecule has 2 aromatic rings. The minimum Gasteiger partial charge on any atom is -0.0654 e. The zero-order valence-corrected chi connectivity index (χ0v) is 24.6. The first-order chi connectivity index (χ1) is 18.2. The second-order valence-corrected chi connectivity index (χ2v) is 12.8. The Hall–Kier alpha value is -1.56. The zero-order valence-electron chi connectivity index (χ0n) is 24.6. The summed E-state index contributed by atoms with van der Waals surface area (Å²) in [6.45, 7) is 7.00. The van der Waals surface area contributed by atoms with E-state index in [4.69, 9.17) is 0 Å². The Morgan fingerprint density at radius 1 is 0.541 bits per heavy atom. The molecule has 0 unspecified atom stereocenters. The maximum Gasteiger partial charge on any atom is -0.0159 e. The number of aryl methyl sites for hydroxylation is 1. The van der Waals surface area contributed by atoms with Crippen LogP contribution in [0.2, 0.25) is 0 Å². The monoisotopic (exact) mass is 500 g/mol. The van der Waals surface area contributed by atoms with Crippen molar-refractivity contribution in [3.05, 3.63) is 59.2 Å². The molecule has 0 atom stereocenters. The van der Waals surface area contributed by atoms with E-state index >= 15 is 0 Å². The summed E-state index contributed by atoms with van der Waals surface area (Å²) in [6.07, 6.45) is 25.7. The van der Waals surface area contributed by atoms with E-state index in [1.165, 1.54) is 132 Å². The molecule has 0 saturated heterocycles. The van der Waals surface area contributed by atoms with E-state index in [9.17, 15) is 0 Å². The van der Waals surface area contributed by atoms with Gasteiger partial charge in [-0.15, -0.1) is 0 Å². The summed E-state index contributed by atoms with van der Waals surface area (Å²) in [5.41, 5.74) is 7.48. The standard InChI is InChI=1S/C37H56/c1-4-6-7-8-9-10-11-13-31-16-20-35(21-17-31)37-27-26-36(28-29(37)3)34-24-22-33(23-25-34)32-18-14-30(12-5-2)15-19-32/h22-28,30-32,35H,4-21H2,1-3H3/t30-,31-,32-,35-. The van der Waals surface area contributed by atoms with Crippen LogP contribution in [0, 0.1) is 18.8 Å². The van der Waals surface area contributed by atoms with Crippen LogP contribution in [0.25, 0.3) is 11.1 Å². The van der Waals surface area contributed by atoms with E-state index in [1.54, 1.807) is 11.1 Å². The maximum absolute atomic E-state index is 2.47. The Kier molecular flexibility index (Phi) is 11.6. The quantitative estimate of drug-likeness (QED) is 0.240. The van der Waals surface area contributed by atoms with E-state index < -0.39 is 0 Å². The van der Waals surface area contributed by atoms with Gasteiger partial charge in [0.15, 0.2) is 0 Å². The first kappa shape index (κ1) is 28.4. The van der Waals surface area contributed by atoms with Gasteiger partial charge in [0, 0.05) is 0 Å². The fourth-order valence-corrected chi connectivity index (χ4v) is 7.61. The van der Waals surface area contributed by atoms with Gasteiger partial charge in [-0.2, -0.15) is 0 Å². The second-order valence-electron chi connectivity index (χ2n) is 12.8. The minimum absolute atomic E-state index is 0.782. The number of rotatable bonds is 13. The summed E-state index contributed by atoms with van der Waals surface area (Å²) >= 11 is 0. The molecule has 0 nitrogen and oxygen atoms in total. The van der Waals surface area contributed by atoms with Crippen LogP contribution in [0.4, 0.5) is 0 Å². The van der Waals surface area contributed by atoms with Crippen LogP contribution in [0.5, 0.6) is 0 Å². The molecule has 2 saturated carbocycles. The Morgan fingerprint density at radius 3 is 1.73 bits per heavy atom. The molecular weight excluding hydrogens is 444 g/mol. The van der Waals surface area contributed by atoms with Gasteiger partial charge >= 0.3 is 0 Å². The molecule has 0 heteroatoms. The number of unbranched alkanes of at least 4 members (excludes halogenated alkanes) is 6. The lowest BCUT2D eigenvalue weighted by molar-refractivity contribution is 0.301. The van der Waals surface area contributed by atoms with Gasteiger partial charge in [0.2, 0.25) is 0 Å². The van der Waals surface area contributed by atoms with Crippen LogP contribution in [0.1, 0.15) is 158 Å². The first-order valence-corrected chi connectivity index (χ1v) is 16.4.